The van der Waals surface area contributed by atoms with Gasteiger partial charge in [0.2, 0.25) is 0 Å². The molecule has 18 heavy (non-hydrogen) atoms. The van der Waals surface area contributed by atoms with E-state index in [0.29, 0.717) is 6.04 Å². The van der Waals surface area contributed by atoms with E-state index in [2.05, 4.69) is 17.1 Å². The lowest BCUT2D eigenvalue weighted by molar-refractivity contribution is 0.104. The predicted molar refractivity (Wildman–Crippen MR) is 72.7 cm³/mol. The Morgan fingerprint density at radius 3 is 2.67 bits per heavy atom. The van der Waals surface area contributed by atoms with E-state index in [1.54, 1.807) is 7.11 Å². The number of hydrogen-bond acceptors (Lipinski definition) is 4. The molecule has 0 aliphatic heterocycles. The van der Waals surface area contributed by atoms with Gasteiger partial charge in [-0.05, 0) is 38.6 Å². The first-order chi connectivity index (χ1) is 8.74. The minimum absolute atomic E-state index is 0.0281. The molecule has 0 bridgehead atoms. The zero-order valence-corrected chi connectivity index (χ0v) is 11.8. The quantitative estimate of drug-likeness (QED) is 0.680. The molecule has 2 fully saturated rings. The van der Waals surface area contributed by atoms with Crippen molar-refractivity contribution in [1.29, 1.82) is 0 Å². The second-order valence-corrected chi connectivity index (χ2v) is 5.83. The van der Waals surface area contributed by atoms with Crippen LogP contribution < -0.4 is 5.32 Å². The van der Waals surface area contributed by atoms with Crippen molar-refractivity contribution in [2.45, 2.75) is 56.7 Å². The van der Waals surface area contributed by atoms with Crippen LogP contribution in [-0.4, -0.2) is 61.0 Å². The summed E-state index contributed by atoms with van der Waals surface area (Å²) in [6.07, 6.45) is 6.06. The van der Waals surface area contributed by atoms with E-state index in [4.69, 9.17) is 4.74 Å². The summed E-state index contributed by atoms with van der Waals surface area (Å²) in [6.45, 7) is 5.18. The number of nitrogens with one attached hydrogen (secondary N) is 1. The zero-order chi connectivity index (χ0) is 13.0. The molecule has 4 heteroatoms. The molecule has 2 unspecified atom stereocenters. The first-order valence-electron chi connectivity index (χ1n) is 7.35. The van der Waals surface area contributed by atoms with Gasteiger partial charge in [-0.3, -0.25) is 4.90 Å². The Bertz CT molecular complexity index is 258. The van der Waals surface area contributed by atoms with Gasteiger partial charge in [-0.25, -0.2) is 0 Å². The molecule has 2 atom stereocenters. The van der Waals surface area contributed by atoms with E-state index in [1.165, 1.54) is 19.3 Å². The van der Waals surface area contributed by atoms with Crippen molar-refractivity contribution in [1.82, 2.24) is 10.2 Å². The average molecular weight is 256 g/mol. The van der Waals surface area contributed by atoms with Crippen molar-refractivity contribution < 1.29 is 9.84 Å². The van der Waals surface area contributed by atoms with Gasteiger partial charge in [-0.15, -0.1) is 0 Å². The van der Waals surface area contributed by atoms with Gasteiger partial charge in [-0.2, -0.15) is 0 Å². The number of rotatable bonds is 8. The van der Waals surface area contributed by atoms with Crippen molar-refractivity contribution in [3.05, 3.63) is 0 Å². The van der Waals surface area contributed by atoms with Gasteiger partial charge in [0.1, 0.15) is 0 Å². The molecule has 0 heterocycles. The smallest absolute Gasteiger partial charge is 0.0613 e. The van der Waals surface area contributed by atoms with Crippen LogP contribution in [0, 0.1) is 0 Å². The van der Waals surface area contributed by atoms with Gasteiger partial charge in [0, 0.05) is 31.3 Å². The molecule has 0 aromatic heterocycles. The third-order valence-electron chi connectivity index (χ3n) is 4.48. The Morgan fingerprint density at radius 2 is 2.11 bits per heavy atom. The number of likely N-dealkylation sites (N-methyl/N-ethyl adjacent to an activating group) is 1. The minimum atomic E-state index is -0.0281. The monoisotopic (exact) mass is 256 g/mol. The van der Waals surface area contributed by atoms with E-state index in [0.717, 1.165) is 38.6 Å². The number of hydrogen-bond donors (Lipinski definition) is 2. The second-order valence-electron chi connectivity index (χ2n) is 5.83. The summed E-state index contributed by atoms with van der Waals surface area (Å²) < 4.78 is 5.23. The topological polar surface area (TPSA) is 44.7 Å². The summed E-state index contributed by atoms with van der Waals surface area (Å²) in [5, 5.41) is 13.2. The largest absolute Gasteiger partial charge is 0.394 e. The van der Waals surface area contributed by atoms with Crippen molar-refractivity contribution in [2.75, 3.05) is 33.4 Å². The molecule has 106 valence electrons. The van der Waals surface area contributed by atoms with Crippen molar-refractivity contribution in [3.8, 4) is 0 Å². The number of ether oxygens (including phenoxy) is 1. The van der Waals surface area contributed by atoms with Crippen LogP contribution in [0.15, 0.2) is 0 Å². The highest BCUT2D eigenvalue weighted by Crippen LogP contribution is 2.38. The molecule has 2 saturated carbocycles. The van der Waals surface area contributed by atoms with Crippen LogP contribution in [0.4, 0.5) is 0 Å². The number of nitrogens with zero attached hydrogens (tertiary/aromatic N) is 1. The second kappa shape index (κ2) is 6.33. The highest BCUT2D eigenvalue weighted by atomic mass is 16.5. The van der Waals surface area contributed by atoms with Crippen LogP contribution in [0.3, 0.4) is 0 Å². The van der Waals surface area contributed by atoms with Crippen molar-refractivity contribution in [3.63, 3.8) is 0 Å². The Balaban J connectivity index is 1.92. The molecular formula is C14H28N2O2. The summed E-state index contributed by atoms with van der Waals surface area (Å²) in [7, 11) is 1.77. The van der Waals surface area contributed by atoms with E-state index >= 15 is 0 Å². The van der Waals surface area contributed by atoms with Crippen LogP contribution in [0.25, 0.3) is 0 Å². The van der Waals surface area contributed by atoms with E-state index in [9.17, 15) is 5.11 Å². The van der Waals surface area contributed by atoms with Gasteiger partial charge >= 0.3 is 0 Å². The first kappa shape index (κ1) is 14.3. The summed E-state index contributed by atoms with van der Waals surface area (Å²) in [5.74, 6) is 0. The van der Waals surface area contributed by atoms with E-state index in [-0.39, 0.29) is 12.1 Å². The average Bonchev–Trinajstić information content (AvgIpc) is 3.13. The van der Waals surface area contributed by atoms with Gasteiger partial charge < -0.3 is 15.2 Å². The molecule has 2 aliphatic rings. The van der Waals surface area contributed by atoms with Gasteiger partial charge in [0.15, 0.2) is 0 Å². The van der Waals surface area contributed by atoms with Crippen LogP contribution in [0.1, 0.15) is 39.0 Å². The fraction of sp³-hybridized carbons (Fsp3) is 1.00. The normalized spacial score (nSPS) is 32.3. The summed E-state index contributed by atoms with van der Waals surface area (Å²) in [4.78, 5) is 2.62. The molecule has 2 rings (SSSR count). The van der Waals surface area contributed by atoms with Crippen molar-refractivity contribution >= 4 is 0 Å². The fourth-order valence-corrected chi connectivity index (χ4v) is 3.38. The molecule has 2 aliphatic carbocycles. The Morgan fingerprint density at radius 1 is 1.33 bits per heavy atom. The molecule has 0 saturated heterocycles. The molecule has 4 nitrogen and oxygen atoms in total. The zero-order valence-electron chi connectivity index (χ0n) is 11.8. The van der Waals surface area contributed by atoms with E-state index < -0.39 is 0 Å². The summed E-state index contributed by atoms with van der Waals surface area (Å²) in [5.41, 5.74) is -0.0281. The SMILES string of the molecule is CCNC1(CO)CCC(N(CCOC)C2CC2)C1. The third kappa shape index (κ3) is 3.23. The van der Waals surface area contributed by atoms with Crippen LogP contribution in [-0.2, 0) is 4.74 Å². The highest BCUT2D eigenvalue weighted by molar-refractivity contribution is 5.01. The first-order valence-corrected chi connectivity index (χ1v) is 7.35. The molecular weight excluding hydrogens is 228 g/mol. The number of methoxy groups -OCH3 is 1. The van der Waals surface area contributed by atoms with Crippen LogP contribution >= 0.6 is 0 Å². The standard InChI is InChI=1S/C14H28N2O2/c1-3-15-14(11-17)7-6-13(10-14)16(8-9-18-2)12-4-5-12/h12-13,15,17H,3-11H2,1-2H3. The Kier molecular flexibility index (Phi) is 5.01. The van der Waals surface area contributed by atoms with Gasteiger partial charge in [0.25, 0.3) is 0 Å². The number of aliphatic hydroxyl groups excluding tert-OH is 1. The molecule has 0 radical (unpaired) electrons. The van der Waals surface area contributed by atoms with Crippen LogP contribution in [0.2, 0.25) is 0 Å². The van der Waals surface area contributed by atoms with E-state index in [1.807, 2.05) is 0 Å². The predicted octanol–water partition coefficient (Wildman–Crippen LogP) is 0.990. The minimum Gasteiger partial charge on any atom is -0.394 e. The molecule has 0 aromatic rings. The van der Waals surface area contributed by atoms with Gasteiger partial charge in [-0.1, -0.05) is 6.92 Å². The lowest BCUT2D eigenvalue weighted by Gasteiger charge is -2.32. The molecule has 2 N–H and O–H groups in total. The maximum absolute atomic E-state index is 9.67. The third-order valence-corrected chi connectivity index (χ3v) is 4.48. The van der Waals surface area contributed by atoms with Crippen LogP contribution in [0.5, 0.6) is 0 Å². The molecule has 0 amide bonds. The van der Waals surface area contributed by atoms with Crippen molar-refractivity contribution in [2.24, 2.45) is 0 Å². The summed E-state index contributed by atoms with van der Waals surface area (Å²) in [6, 6.07) is 1.40. The maximum Gasteiger partial charge on any atom is 0.0613 e. The maximum atomic E-state index is 9.67. The Hall–Kier alpha value is -0.160. The molecule has 0 aromatic carbocycles. The molecule has 0 spiro atoms. The summed E-state index contributed by atoms with van der Waals surface area (Å²) >= 11 is 0. The highest BCUT2D eigenvalue weighted by Gasteiger charge is 2.43. The number of aliphatic hydroxyl groups is 1. The fourth-order valence-electron chi connectivity index (χ4n) is 3.38. The van der Waals surface area contributed by atoms with Gasteiger partial charge in [0.05, 0.1) is 13.2 Å². The lowest BCUT2D eigenvalue weighted by Crippen LogP contribution is -2.48. The lowest BCUT2D eigenvalue weighted by atomic mass is 9.98. The Labute approximate surface area is 111 Å².